The molecule has 1 spiro atoms. The molecule has 0 amide bonds. The smallest absolute Gasteiger partial charge is 0.123 e. The zero-order chi connectivity index (χ0) is 19.5. The Labute approximate surface area is 167 Å². The van der Waals surface area contributed by atoms with Crippen LogP contribution in [0.4, 0.5) is 0 Å². The lowest BCUT2D eigenvalue weighted by Crippen LogP contribution is -2.49. The Morgan fingerprint density at radius 2 is 1.61 bits per heavy atom. The zero-order valence-electron chi connectivity index (χ0n) is 17.0. The van der Waals surface area contributed by atoms with Gasteiger partial charge in [0, 0.05) is 16.2 Å². The van der Waals surface area contributed by atoms with Crippen molar-refractivity contribution < 1.29 is 9.84 Å². The lowest BCUT2D eigenvalue weighted by molar-refractivity contribution is 0.175. The van der Waals surface area contributed by atoms with Gasteiger partial charge in [-0.05, 0) is 64.7 Å². The Morgan fingerprint density at radius 3 is 2.36 bits per heavy atom. The molecular weight excluding hydrogens is 344 g/mol. The summed E-state index contributed by atoms with van der Waals surface area (Å²) in [7, 11) is 1.67. The van der Waals surface area contributed by atoms with E-state index >= 15 is 0 Å². The number of ether oxygens (including phenoxy) is 1. The number of benzene rings is 3. The standard InChI is InChI=1S/C26H28O2/c1-25(2)22-16-23(27)20-15-17(28-3)11-12-18(20)24(22)19-9-5-6-10-21(19)26(25)13-7-4-8-14-26/h5-6,9-12,15-16,27H,4,7-8,13-14H2,1-3H3. The van der Waals surface area contributed by atoms with Gasteiger partial charge in [0.15, 0.2) is 0 Å². The summed E-state index contributed by atoms with van der Waals surface area (Å²) >= 11 is 0. The van der Waals surface area contributed by atoms with Gasteiger partial charge in [-0.3, -0.25) is 0 Å². The Balaban J connectivity index is 1.90. The molecule has 0 aromatic heterocycles. The first-order chi connectivity index (χ1) is 13.5. The number of phenols is 1. The second-order valence-corrected chi connectivity index (χ2v) is 9.04. The van der Waals surface area contributed by atoms with Crippen LogP contribution < -0.4 is 4.74 Å². The van der Waals surface area contributed by atoms with Crippen molar-refractivity contribution in [3.8, 4) is 22.6 Å². The molecule has 28 heavy (non-hydrogen) atoms. The molecule has 0 unspecified atom stereocenters. The molecule has 1 N–H and O–H groups in total. The van der Waals surface area contributed by atoms with Crippen LogP contribution in [0.2, 0.25) is 0 Å². The highest BCUT2D eigenvalue weighted by Crippen LogP contribution is 2.61. The lowest BCUT2D eigenvalue weighted by Gasteiger charge is -2.54. The van der Waals surface area contributed by atoms with Crippen LogP contribution in [0.3, 0.4) is 0 Å². The molecule has 2 aliphatic rings. The van der Waals surface area contributed by atoms with Crippen molar-refractivity contribution >= 4 is 10.8 Å². The topological polar surface area (TPSA) is 29.5 Å². The van der Waals surface area contributed by atoms with E-state index in [-0.39, 0.29) is 10.8 Å². The summed E-state index contributed by atoms with van der Waals surface area (Å²) in [6, 6.07) is 17.1. The van der Waals surface area contributed by atoms with Gasteiger partial charge in [0.1, 0.15) is 11.5 Å². The number of hydrogen-bond donors (Lipinski definition) is 1. The number of rotatable bonds is 1. The van der Waals surface area contributed by atoms with Gasteiger partial charge in [0.25, 0.3) is 0 Å². The highest BCUT2D eigenvalue weighted by Gasteiger charge is 2.52. The molecule has 3 aromatic carbocycles. The minimum Gasteiger partial charge on any atom is -0.507 e. The van der Waals surface area contributed by atoms with Gasteiger partial charge in [0.2, 0.25) is 0 Å². The van der Waals surface area contributed by atoms with Crippen molar-refractivity contribution in [2.75, 3.05) is 7.11 Å². The van der Waals surface area contributed by atoms with E-state index in [9.17, 15) is 5.11 Å². The minimum absolute atomic E-state index is 0.0390. The summed E-state index contributed by atoms with van der Waals surface area (Å²) in [6.45, 7) is 4.78. The fourth-order valence-corrected chi connectivity index (χ4v) is 6.06. The van der Waals surface area contributed by atoms with E-state index in [2.05, 4.69) is 44.2 Å². The maximum Gasteiger partial charge on any atom is 0.123 e. The molecule has 2 nitrogen and oxygen atoms in total. The molecule has 2 heteroatoms. The van der Waals surface area contributed by atoms with E-state index in [4.69, 9.17) is 4.74 Å². The van der Waals surface area contributed by atoms with Crippen LogP contribution >= 0.6 is 0 Å². The lowest BCUT2D eigenvalue weighted by atomic mass is 9.49. The van der Waals surface area contributed by atoms with E-state index in [1.807, 2.05) is 18.2 Å². The molecule has 0 saturated heterocycles. The monoisotopic (exact) mass is 372 g/mol. The summed E-state index contributed by atoms with van der Waals surface area (Å²) < 4.78 is 5.41. The van der Waals surface area contributed by atoms with E-state index in [1.165, 1.54) is 54.4 Å². The third kappa shape index (κ3) is 2.15. The predicted octanol–water partition coefficient (Wildman–Crippen LogP) is 6.71. The van der Waals surface area contributed by atoms with Crippen molar-refractivity contribution in [2.24, 2.45) is 0 Å². The molecular formula is C26H28O2. The number of phenolic OH excluding ortho intramolecular Hbond substituents is 1. The third-order valence-corrected chi connectivity index (χ3v) is 7.61. The quantitative estimate of drug-likeness (QED) is 0.514. The zero-order valence-corrected chi connectivity index (χ0v) is 17.0. The molecule has 0 bridgehead atoms. The SMILES string of the molecule is COc1ccc2c3c(cc(O)c2c1)C(C)(C)C1(CCCCC1)c1ccccc1-3. The van der Waals surface area contributed by atoms with Crippen LogP contribution in [0, 0.1) is 0 Å². The first-order valence-corrected chi connectivity index (χ1v) is 10.4. The normalized spacial score (nSPS) is 19.2. The number of aromatic hydroxyl groups is 1. The van der Waals surface area contributed by atoms with Crippen LogP contribution in [0.5, 0.6) is 11.5 Å². The molecule has 0 atom stereocenters. The Kier molecular flexibility index (Phi) is 3.78. The molecule has 5 rings (SSSR count). The Bertz CT molecular complexity index is 1070. The van der Waals surface area contributed by atoms with Crippen molar-refractivity contribution in [2.45, 2.75) is 56.8 Å². The molecule has 1 fully saturated rings. The first kappa shape index (κ1) is 17.6. The van der Waals surface area contributed by atoms with Crippen molar-refractivity contribution in [1.82, 2.24) is 0 Å². The van der Waals surface area contributed by atoms with Crippen molar-refractivity contribution in [3.05, 3.63) is 59.7 Å². The van der Waals surface area contributed by atoms with Crippen LogP contribution in [0.15, 0.2) is 48.5 Å². The third-order valence-electron chi connectivity index (χ3n) is 7.61. The van der Waals surface area contributed by atoms with E-state index in [0.29, 0.717) is 5.75 Å². The maximum atomic E-state index is 11.0. The average Bonchev–Trinajstić information content (AvgIpc) is 2.73. The van der Waals surface area contributed by atoms with Crippen LogP contribution in [0.25, 0.3) is 21.9 Å². The number of methoxy groups -OCH3 is 1. The summed E-state index contributed by atoms with van der Waals surface area (Å²) in [6.07, 6.45) is 6.33. The van der Waals surface area contributed by atoms with Gasteiger partial charge in [-0.1, -0.05) is 57.4 Å². The van der Waals surface area contributed by atoms with Gasteiger partial charge in [-0.15, -0.1) is 0 Å². The molecule has 0 radical (unpaired) electrons. The van der Waals surface area contributed by atoms with Crippen LogP contribution in [-0.2, 0) is 10.8 Å². The predicted molar refractivity (Wildman–Crippen MR) is 115 cm³/mol. The minimum atomic E-state index is -0.0390. The van der Waals surface area contributed by atoms with Gasteiger partial charge in [-0.2, -0.15) is 0 Å². The summed E-state index contributed by atoms with van der Waals surface area (Å²) in [4.78, 5) is 0. The van der Waals surface area contributed by atoms with E-state index in [0.717, 1.165) is 16.5 Å². The molecule has 144 valence electrons. The van der Waals surface area contributed by atoms with Gasteiger partial charge in [-0.25, -0.2) is 0 Å². The fourth-order valence-electron chi connectivity index (χ4n) is 6.06. The number of fused-ring (bicyclic) bond motifs is 6. The van der Waals surface area contributed by atoms with E-state index in [1.54, 1.807) is 7.11 Å². The van der Waals surface area contributed by atoms with Gasteiger partial charge < -0.3 is 9.84 Å². The summed E-state index contributed by atoms with van der Waals surface area (Å²) in [5.74, 6) is 1.13. The van der Waals surface area contributed by atoms with Gasteiger partial charge in [0.05, 0.1) is 7.11 Å². The largest absolute Gasteiger partial charge is 0.507 e. The highest BCUT2D eigenvalue weighted by molar-refractivity contribution is 6.04. The highest BCUT2D eigenvalue weighted by atomic mass is 16.5. The van der Waals surface area contributed by atoms with Crippen molar-refractivity contribution in [3.63, 3.8) is 0 Å². The van der Waals surface area contributed by atoms with Crippen LogP contribution in [-0.4, -0.2) is 12.2 Å². The van der Waals surface area contributed by atoms with Gasteiger partial charge >= 0.3 is 0 Å². The second kappa shape index (κ2) is 6.01. The second-order valence-electron chi connectivity index (χ2n) is 9.04. The first-order valence-electron chi connectivity index (χ1n) is 10.4. The molecule has 2 aliphatic carbocycles. The maximum absolute atomic E-state index is 11.0. The fraction of sp³-hybridized carbons (Fsp3) is 0.385. The van der Waals surface area contributed by atoms with E-state index < -0.39 is 0 Å². The van der Waals surface area contributed by atoms with Crippen LogP contribution in [0.1, 0.15) is 57.1 Å². The molecule has 1 saturated carbocycles. The molecule has 0 aliphatic heterocycles. The number of hydrogen-bond acceptors (Lipinski definition) is 2. The Morgan fingerprint density at radius 1 is 0.857 bits per heavy atom. The average molecular weight is 373 g/mol. The Hall–Kier alpha value is -2.48. The molecule has 3 aromatic rings. The summed E-state index contributed by atoms with van der Waals surface area (Å²) in [5.41, 5.74) is 5.50. The summed E-state index contributed by atoms with van der Waals surface area (Å²) in [5, 5.41) is 12.9. The van der Waals surface area contributed by atoms with Crippen molar-refractivity contribution in [1.29, 1.82) is 0 Å². The molecule has 0 heterocycles.